The molecule has 2 aromatic rings. The molecule has 0 saturated heterocycles. The molecule has 136 valence electrons. The summed E-state index contributed by atoms with van der Waals surface area (Å²) < 4.78 is 26.5. The van der Waals surface area contributed by atoms with E-state index in [-0.39, 0.29) is 11.0 Å². The van der Waals surface area contributed by atoms with E-state index in [2.05, 4.69) is 21.8 Å². The van der Waals surface area contributed by atoms with Gasteiger partial charge in [0, 0.05) is 17.0 Å². The van der Waals surface area contributed by atoms with Gasteiger partial charge in [0.2, 0.25) is 10.0 Å². The Morgan fingerprint density at radius 1 is 1.24 bits per heavy atom. The molecule has 0 aliphatic rings. The Morgan fingerprint density at radius 2 is 1.88 bits per heavy atom. The van der Waals surface area contributed by atoms with Crippen LogP contribution >= 0.6 is 34.9 Å². The van der Waals surface area contributed by atoms with Gasteiger partial charge in [0.25, 0.3) is 0 Å². The standard InChI is InChI=1S/C15H19N3O3S4/c1-4-9-22-14-16-17-15(24-14)23-10(2)13(19)11-5-7-12(8-6-11)18-25(3,20)21/h5-8,10,18H,4,9H2,1-3H3/t10-/m1/s1. The summed E-state index contributed by atoms with van der Waals surface area (Å²) in [6.07, 6.45) is 2.16. The predicted molar refractivity (Wildman–Crippen MR) is 105 cm³/mol. The Hall–Kier alpha value is -1.10. The third kappa shape index (κ3) is 6.61. The van der Waals surface area contributed by atoms with Crippen LogP contribution in [0.1, 0.15) is 30.6 Å². The Balaban J connectivity index is 1.98. The highest BCUT2D eigenvalue weighted by Gasteiger charge is 2.19. The second-order valence-electron chi connectivity index (χ2n) is 5.26. The summed E-state index contributed by atoms with van der Waals surface area (Å²) in [4.78, 5) is 12.5. The molecule has 0 saturated carbocycles. The third-order valence-electron chi connectivity index (χ3n) is 2.94. The minimum Gasteiger partial charge on any atom is -0.293 e. The fourth-order valence-electron chi connectivity index (χ4n) is 1.85. The number of carbonyl (C=O) groups excluding carboxylic acids is 1. The summed E-state index contributed by atoms with van der Waals surface area (Å²) in [6, 6.07) is 6.40. The van der Waals surface area contributed by atoms with Gasteiger partial charge in [-0.2, -0.15) is 0 Å². The first-order valence-electron chi connectivity index (χ1n) is 7.53. The maximum Gasteiger partial charge on any atom is 0.229 e. The lowest BCUT2D eigenvalue weighted by molar-refractivity contribution is 0.0994. The highest BCUT2D eigenvalue weighted by atomic mass is 32.2. The van der Waals surface area contributed by atoms with Crippen molar-refractivity contribution < 1.29 is 13.2 Å². The van der Waals surface area contributed by atoms with Gasteiger partial charge in [-0.05, 0) is 37.6 Å². The van der Waals surface area contributed by atoms with E-state index in [0.29, 0.717) is 11.3 Å². The number of aromatic nitrogens is 2. The largest absolute Gasteiger partial charge is 0.293 e. The number of sulfonamides is 1. The third-order valence-corrected chi connectivity index (χ3v) is 6.99. The van der Waals surface area contributed by atoms with Gasteiger partial charge >= 0.3 is 0 Å². The summed E-state index contributed by atoms with van der Waals surface area (Å²) in [6.45, 7) is 3.94. The van der Waals surface area contributed by atoms with Crippen LogP contribution in [0.3, 0.4) is 0 Å². The van der Waals surface area contributed by atoms with Crippen LogP contribution in [0.2, 0.25) is 0 Å². The van der Waals surface area contributed by atoms with Crippen LogP contribution in [0, 0.1) is 0 Å². The minimum atomic E-state index is -3.33. The van der Waals surface area contributed by atoms with Crippen molar-refractivity contribution in [1.82, 2.24) is 10.2 Å². The number of carbonyl (C=O) groups is 1. The molecule has 1 aromatic carbocycles. The number of anilines is 1. The van der Waals surface area contributed by atoms with E-state index in [9.17, 15) is 13.2 Å². The molecule has 1 atom stereocenters. The quantitative estimate of drug-likeness (QED) is 0.490. The van der Waals surface area contributed by atoms with Crippen LogP contribution < -0.4 is 4.72 Å². The Labute approximate surface area is 160 Å². The van der Waals surface area contributed by atoms with E-state index in [1.807, 2.05) is 6.92 Å². The van der Waals surface area contributed by atoms with Crippen LogP contribution in [0.25, 0.3) is 0 Å². The molecule has 0 bridgehead atoms. The number of nitrogens with one attached hydrogen (secondary N) is 1. The average molecular weight is 418 g/mol. The van der Waals surface area contributed by atoms with Crippen molar-refractivity contribution in [1.29, 1.82) is 0 Å². The number of benzene rings is 1. The van der Waals surface area contributed by atoms with Crippen LogP contribution in [0.5, 0.6) is 0 Å². The lowest BCUT2D eigenvalue weighted by atomic mass is 10.1. The topological polar surface area (TPSA) is 89.0 Å². The molecule has 0 radical (unpaired) electrons. The first-order valence-corrected chi connectivity index (χ1v) is 12.1. The number of nitrogens with zero attached hydrogens (tertiary/aromatic N) is 2. The van der Waals surface area contributed by atoms with E-state index in [0.717, 1.165) is 27.1 Å². The number of hydrogen-bond donors (Lipinski definition) is 1. The average Bonchev–Trinajstić information content (AvgIpc) is 2.98. The normalized spacial score (nSPS) is 12.8. The molecule has 0 unspecified atom stereocenters. The molecular weight excluding hydrogens is 398 g/mol. The number of ketones is 1. The van der Waals surface area contributed by atoms with Gasteiger partial charge in [0.05, 0.1) is 11.5 Å². The summed E-state index contributed by atoms with van der Waals surface area (Å²) in [5.41, 5.74) is 0.963. The molecule has 0 fully saturated rings. The van der Waals surface area contributed by atoms with Crippen LogP contribution in [0.4, 0.5) is 5.69 Å². The summed E-state index contributed by atoms with van der Waals surface area (Å²) in [7, 11) is -3.33. The van der Waals surface area contributed by atoms with Crippen molar-refractivity contribution in [3.63, 3.8) is 0 Å². The molecule has 25 heavy (non-hydrogen) atoms. The van der Waals surface area contributed by atoms with Crippen molar-refractivity contribution in [2.24, 2.45) is 0 Å². The lowest BCUT2D eigenvalue weighted by Gasteiger charge is -2.09. The van der Waals surface area contributed by atoms with Gasteiger partial charge in [-0.25, -0.2) is 8.42 Å². The van der Waals surface area contributed by atoms with E-state index in [4.69, 9.17) is 0 Å². The fraction of sp³-hybridized carbons (Fsp3) is 0.400. The Morgan fingerprint density at radius 3 is 2.48 bits per heavy atom. The second-order valence-corrected chi connectivity index (χ2v) is 10.9. The number of rotatable bonds is 9. The molecular formula is C15H19N3O3S4. The first-order chi connectivity index (χ1) is 11.8. The highest BCUT2D eigenvalue weighted by molar-refractivity contribution is 8.04. The predicted octanol–water partition coefficient (Wildman–Crippen LogP) is 3.78. The van der Waals surface area contributed by atoms with E-state index in [1.165, 1.54) is 23.1 Å². The SMILES string of the molecule is CCCSc1nnc(S[C@H](C)C(=O)c2ccc(NS(C)(=O)=O)cc2)s1. The van der Waals surface area contributed by atoms with E-state index < -0.39 is 10.0 Å². The molecule has 10 heteroatoms. The van der Waals surface area contributed by atoms with Crippen LogP contribution in [-0.2, 0) is 10.0 Å². The molecule has 1 heterocycles. The van der Waals surface area contributed by atoms with E-state index in [1.54, 1.807) is 36.0 Å². The van der Waals surface area contributed by atoms with Gasteiger partial charge in [0.1, 0.15) is 0 Å². The smallest absolute Gasteiger partial charge is 0.229 e. The number of Topliss-reactive ketones (excluding diaryl/α,β-unsaturated/α-hetero) is 1. The maximum absolute atomic E-state index is 12.5. The zero-order chi connectivity index (χ0) is 18.4. The van der Waals surface area contributed by atoms with Crippen LogP contribution in [0.15, 0.2) is 32.9 Å². The van der Waals surface area contributed by atoms with Crippen molar-refractivity contribution in [2.75, 3.05) is 16.7 Å². The molecule has 0 aliphatic heterocycles. The maximum atomic E-state index is 12.5. The monoisotopic (exact) mass is 417 g/mol. The van der Waals surface area contributed by atoms with Gasteiger partial charge in [-0.15, -0.1) is 10.2 Å². The van der Waals surface area contributed by atoms with Crippen molar-refractivity contribution in [3.05, 3.63) is 29.8 Å². The zero-order valence-electron chi connectivity index (χ0n) is 14.1. The minimum absolute atomic E-state index is 0.0335. The molecule has 2 rings (SSSR count). The van der Waals surface area contributed by atoms with Crippen LogP contribution in [-0.4, -0.2) is 41.7 Å². The number of thioether (sulfide) groups is 2. The molecule has 0 spiro atoms. The number of hydrogen-bond acceptors (Lipinski definition) is 8. The van der Waals surface area contributed by atoms with Gasteiger partial charge in [0.15, 0.2) is 14.5 Å². The molecule has 0 aliphatic carbocycles. The molecule has 6 nitrogen and oxygen atoms in total. The van der Waals surface area contributed by atoms with Gasteiger partial charge < -0.3 is 0 Å². The summed E-state index contributed by atoms with van der Waals surface area (Å²) in [5.74, 6) is 0.968. The Kier molecular flexibility index (Phi) is 7.29. The first kappa shape index (κ1) is 20.2. The van der Waals surface area contributed by atoms with Crippen molar-refractivity contribution >= 4 is 56.4 Å². The second kappa shape index (κ2) is 9.02. The highest BCUT2D eigenvalue weighted by Crippen LogP contribution is 2.32. The van der Waals surface area contributed by atoms with Crippen molar-refractivity contribution in [3.8, 4) is 0 Å². The lowest BCUT2D eigenvalue weighted by Crippen LogP contribution is -2.14. The van der Waals surface area contributed by atoms with E-state index >= 15 is 0 Å². The van der Waals surface area contributed by atoms with Gasteiger partial charge in [-0.3, -0.25) is 9.52 Å². The zero-order valence-corrected chi connectivity index (χ0v) is 17.3. The molecule has 0 amide bonds. The summed E-state index contributed by atoms with van der Waals surface area (Å²) in [5, 5.41) is 7.94. The molecule has 1 N–H and O–H groups in total. The van der Waals surface area contributed by atoms with Gasteiger partial charge in [-0.1, -0.05) is 41.8 Å². The summed E-state index contributed by atoms with van der Waals surface area (Å²) >= 11 is 4.55. The Bertz CT molecular complexity index is 819. The van der Waals surface area contributed by atoms with Crippen molar-refractivity contribution in [2.45, 2.75) is 34.2 Å². The fourth-order valence-corrected chi connectivity index (χ4v) is 5.58. The molecule has 1 aromatic heterocycles.